The van der Waals surface area contributed by atoms with Crippen LogP contribution in [0.3, 0.4) is 0 Å². The Hall–Kier alpha value is -4.21. The Kier molecular flexibility index (Phi) is 8.03. The summed E-state index contributed by atoms with van der Waals surface area (Å²) in [7, 11) is 2.36. The molecule has 0 radical (unpaired) electrons. The molecule has 4 aromatic carbocycles. The molecule has 39 heavy (non-hydrogen) atoms. The van der Waals surface area contributed by atoms with Crippen LogP contribution in [0.5, 0.6) is 17.2 Å². The number of rotatable bonds is 9. The summed E-state index contributed by atoms with van der Waals surface area (Å²) in [6, 6.07) is 12.8. The number of hydrogen-bond donors (Lipinski definition) is 0. The van der Waals surface area contributed by atoms with Crippen LogP contribution in [0, 0.1) is 29.1 Å². The largest absolute Gasteiger partial charge is 0.494 e. The van der Waals surface area contributed by atoms with Crippen LogP contribution in [-0.4, -0.2) is 20.8 Å². The molecule has 0 spiro atoms. The molecule has 204 valence electrons. The summed E-state index contributed by atoms with van der Waals surface area (Å²) in [5, 5.41) is 0. The van der Waals surface area contributed by atoms with Gasteiger partial charge in [0.05, 0.1) is 20.8 Å². The number of hydrogen-bond acceptors (Lipinski definition) is 3. The molecule has 0 amide bonds. The molecule has 0 heterocycles. The third-order valence-electron chi connectivity index (χ3n) is 6.07. The average Bonchev–Trinajstić information content (AvgIpc) is 2.92. The van der Waals surface area contributed by atoms with Gasteiger partial charge in [0, 0.05) is 23.1 Å². The van der Waals surface area contributed by atoms with Crippen molar-refractivity contribution in [2.45, 2.75) is 12.3 Å². The van der Waals surface area contributed by atoms with Crippen molar-refractivity contribution >= 4 is 0 Å². The monoisotopic (exact) mass is 550 g/mol. The molecule has 10 heteroatoms. The van der Waals surface area contributed by atoms with E-state index >= 15 is 0 Å². The minimum absolute atomic E-state index is 0.0116. The van der Waals surface area contributed by atoms with Gasteiger partial charge in [0.2, 0.25) is 11.6 Å². The van der Waals surface area contributed by atoms with E-state index in [1.165, 1.54) is 56.7 Å². The Labute approximate surface area is 219 Å². The SMILES string of the molecule is COc1ccc(-c2ccc(C(F)(F)CCOc3ccc(-c4ccc(OC)c(F)c4F)cc3F)cc2)c(F)c1F. The van der Waals surface area contributed by atoms with Crippen LogP contribution in [0.4, 0.5) is 30.7 Å². The second kappa shape index (κ2) is 11.3. The predicted octanol–water partition coefficient (Wildman–Crippen LogP) is 8.29. The number of benzene rings is 4. The standard InChI is InChI=1S/C29H21F7O3/c1-37-23-11-8-19(25(31)27(23)33)16-3-6-18(7-4-16)29(35,36)13-14-39-22-10-5-17(15-21(22)30)20-9-12-24(38-2)28(34)26(20)32/h3-12,15H,13-14H2,1-2H3. The highest BCUT2D eigenvalue weighted by Crippen LogP contribution is 2.36. The zero-order valence-electron chi connectivity index (χ0n) is 20.6. The van der Waals surface area contributed by atoms with Crippen molar-refractivity contribution in [2.24, 2.45) is 0 Å². The van der Waals surface area contributed by atoms with Crippen LogP contribution in [0.15, 0.2) is 66.7 Å². The van der Waals surface area contributed by atoms with Crippen LogP contribution < -0.4 is 14.2 Å². The van der Waals surface area contributed by atoms with E-state index in [1.54, 1.807) is 0 Å². The van der Waals surface area contributed by atoms with Gasteiger partial charge in [-0.25, -0.2) is 22.0 Å². The molecule has 4 aromatic rings. The highest BCUT2D eigenvalue weighted by Gasteiger charge is 2.31. The van der Waals surface area contributed by atoms with Crippen LogP contribution in [0.1, 0.15) is 12.0 Å². The molecular formula is C29H21F7O3. The van der Waals surface area contributed by atoms with Gasteiger partial charge in [0.1, 0.15) is 0 Å². The molecular weight excluding hydrogens is 529 g/mol. The summed E-state index contributed by atoms with van der Waals surface area (Å²) in [5.41, 5.74) is -0.552. The summed E-state index contributed by atoms with van der Waals surface area (Å²) < 4.78 is 115. The molecule has 0 aliphatic rings. The van der Waals surface area contributed by atoms with Crippen molar-refractivity contribution in [3.63, 3.8) is 0 Å². The van der Waals surface area contributed by atoms with Gasteiger partial charge >= 0.3 is 0 Å². The Balaban J connectivity index is 1.43. The lowest BCUT2D eigenvalue weighted by Crippen LogP contribution is -2.17. The molecule has 0 aliphatic carbocycles. The number of halogens is 7. The summed E-state index contributed by atoms with van der Waals surface area (Å²) in [6.45, 7) is -0.575. The fraction of sp³-hybridized carbons (Fsp3) is 0.172. The molecule has 0 saturated carbocycles. The van der Waals surface area contributed by atoms with Crippen LogP contribution >= 0.6 is 0 Å². The number of methoxy groups -OCH3 is 2. The second-order valence-corrected chi connectivity index (χ2v) is 8.41. The minimum atomic E-state index is -3.39. The molecule has 0 unspecified atom stereocenters. The molecule has 3 nitrogen and oxygen atoms in total. The maximum atomic E-state index is 14.8. The van der Waals surface area contributed by atoms with Crippen molar-refractivity contribution in [1.29, 1.82) is 0 Å². The zero-order chi connectivity index (χ0) is 28.3. The fourth-order valence-electron chi connectivity index (χ4n) is 3.94. The highest BCUT2D eigenvalue weighted by atomic mass is 19.3. The Morgan fingerprint density at radius 3 is 1.59 bits per heavy atom. The lowest BCUT2D eigenvalue weighted by atomic mass is 9.99. The van der Waals surface area contributed by atoms with E-state index < -0.39 is 53.6 Å². The third-order valence-corrected chi connectivity index (χ3v) is 6.07. The maximum Gasteiger partial charge on any atom is 0.276 e. The van der Waals surface area contributed by atoms with E-state index in [0.717, 1.165) is 24.3 Å². The zero-order valence-corrected chi connectivity index (χ0v) is 20.6. The van der Waals surface area contributed by atoms with E-state index in [-0.39, 0.29) is 39.5 Å². The third kappa shape index (κ3) is 5.64. The maximum absolute atomic E-state index is 14.8. The van der Waals surface area contributed by atoms with Gasteiger partial charge < -0.3 is 14.2 Å². The van der Waals surface area contributed by atoms with Gasteiger partial charge in [-0.15, -0.1) is 0 Å². The normalized spacial score (nSPS) is 11.4. The predicted molar refractivity (Wildman–Crippen MR) is 131 cm³/mol. The van der Waals surface area contributed by atoms with Gasteiger partial charge in [-0.2, -0.15) is 8.78 Å². The van der Waals surface area contributed by atoms with Gasteiger partial charge in [-0.3, -0.25) is 0 Å². The van der Waals surface area contributed by atoms with Crippen molar-refractivity contribution in [1.82, 2.24) is 0 Å². The minimum Gasteiger partial charge on any atom is -0.494 e. The Morgan fingerprint density at radius 1 is 0.590 bits per heavy atom. The number of ether oxygens (including phenoxy) is 3. The Morgan fingerprint density at radius 2 is 1.08 bits per heavy atom. The van der Waals surface area contributed by atoms with Crippen molar-refractivity contribution < 1.29 is 44.9 Å². The quantitative estimate of drug-likeness (QED) is 0.196. The van der Waals surface area contributed by atoms with E-state index in [1.807, 2.05) is 0 Å². The van der Waals surface area contributed by atoms with Gasteiger partial charge in [-0.05, 0) is 47.5 Å². The average molecular weight is 550 g/mol. The first-order valence-electron chi connectivity index (χ1n) is 11.5. The molecule has 0 atom stereocenters. The fourth-order valence-corrected chi connectivity index (χ4v) is 3.94. The van der Waals surface area contributed by atoms with E-state index in [2.05, 4.69) is 0 Å². The number of alkyl halides is 2. The second-order valence-electron chi connectivity index (χ2n) is 8.41. The molecule has 4 rings (SSSR count). The van der Waals surface area contributed by atoms with Crippen LogP contribution in [0.2, 0.25) is 0 Å². The first-order valence-corrected chi connectivity index (χ1v) is 11.5. The lowest BCUT2D eigenvalue weighted by Gasteiger charge is -2.18. The van der Waals surface area contributed by atoms with Crippen LogP contribution in [0.25, 0.3) is 22.3 Å². The topological polar surface area (TPSA) is 27.7 Å². The summed E-state index contributed by atoms with van der Waals surface area (Å²) >= 11 is 0. The lowest BCUT2D eigenvalue weighted by molar-refractivity contribution is -0.0245. The summed E-state index contributed by atoms with van der Waals surface area (Å²) in [5.74, 6) is -10.1. The molecule has 0 fully saturated rings. The van der Waals surface area contributed by atoms with Gasteiger partial charge in [-0.1, -0.05) is 30.3 Å². The molecule has 0 aromatic heterocycles. The molecule has 0 saturated heterocycles. The first-order chi connectivity index (χ1) is 18.6. The van der Waals surface area contributed by atoms with E-state index in [0.29, 0.717) is 0 Å². The highest BCUT2D eigenvalue weighted by molar-refractivity contribution is 5.67. The molecule has 0 aliphatic heterocycles. The van der Waals surface area contributed by atoms with Gasteiger partial charge in [0.25, 0.3) is 5.92 Å². The summed E-state index contributed by atoms with van der Waals surface area (Å²) in [4.78, 5) is 0. The van der Waals surface area contributed by atoms with Crippen molar-refractivity contribution in [3.8, 4) is 39.5 Å². The van der Waals surface area contributed by atoms with E-state index in [4.69, 9.17) is 14.2 Å². The molecule has 0 bridgehead atoms. The summed E-state index contributed by atoms with van der Waals surface area (Å²) in [6.07, 6.45) is -0.822. The van der Waals surface area contributed by atoms with Crippen LogP contribution in [-0.2, 0) is 5.92 Å². The smallest absolute Gasteiger partial charge is 0.276 e. The van der Waals surface area contributed by atoms with Crippen molar-refractivity contribution in [3.05, 3.63) is 101 Å². The van der Waals surface area contributed by atoms with Gasteiger partial charge in [0.15, 0.2) is 34.7 Å². The first kappa shape index (κ1) is 27.8. The van der Waals surface area contributed by atoms with Crippen molar-refractivity contribution in [2.75, 3.05) is 20.8 Å². The Bertz CT molecular complexity index is 1490. The van der Waals surface area contributed by atoms with E-state index in [9.17, 15) is 30.7 Å². The molecule has 0 N–H and O–H groups in total.